The van der Waals surface area contributed by atoms with E-state index in [0.717, 1.165) is 72.1 Å². The van der Waals surface area contributed by atoms with Crippen molar-refractivity contribution in [3.8, 4) is 39.5 Å². The van der Waals surface area contributed by atoms with Crippen LogP contribution in [0.25, 0.3) is 72.4 Å². The third kappa shape index (κ3) is 8.65. The normalized spacial score (nSPS) is 12.6. The molecule has 1 radical (unpaired) electrons. The number of benzene rings is 5. The van der Waals surface area contributed by atoms with Crippen LogP contribution in [-0.4, -0.2) is 27.6 Å². The van der Waals surface area contributed by atoms with Gasteiger partial charge in [0.05, 0.1) is 36.7 Å². The van der Waals surface area contributed by atoms with E-state index in [1.165, 1.54) is 16.7 Å². The molecule has 4 aromatic heterocycles. The second-order valence-electron chi connectivity index (χ2n) is 17.1. The third-order valence-corrected chi connectivity index (χ3v) is 12.3. The van der Waals surface area contributed by atoms with E-state index in [1.54, 1.807) is 6.20 Å². The van der Waals surface area contributed by atoms with Crippen molar-refractivity contribution in [3.63, 3.8) is 0 Å². The summed E-state index contributed by atoms with van der Waals surface area (Å²) in [5, 5.41) is 3.25. The van der Waals surface area contributed by atoms with Crippen LogP contribution >= 0.6 is 0 Å². The maximum atomic E-state index is 8.55. The van der Waals surface area contributed by atoms with Gasteiger partial charge in [0.25, 0.3) is 0 Å². The monoisotopic (exact) mass is 969 g/mol. The Bertz CT molecular complexity index is 2970. The molecule has 0 amide bonds. The summed E-state index contributed by atoms with van der Waals surface area (Å²) in [7, 11) is -1.67. The van der Waals surface area contributed by atoms with Gasteiger partial charge < -0.3 is 14.0 Å². The summed E-state index contributed by atoms with van der Waals surface area (Å²) in [5.41, 5.74) is 11.4. The van der Waals surface area contributed by atoms with Gasteiger partial charge in [-0.3, -0.25) is 9.97 Å². The first-order valence-corrected chi connectivity index (χ1v) is 23.5. The quantitative estimate of drug-likeness (QED) is 0.118. The minimum absolute atomic E-state index is 0. The van der Waals surface area contributed by atoms with Gasteiger partial charge in [-0.25, -0.2) is 0 Å². The standard InChI is InChI=1S/C34H26N3O.C18H24NSi.Ir/c1-34(2,3)27-20-23(22-10-5-4-6-11-22)16-17-29(27)37-30-21-35-19-18-28(30)36-33(37)26-14-9-13-25-24-12-7-8-15-31(24)38-32(25)26;1-14(2)11-16-12-17(15-9-7-6-8-10-15)19-13-18(16)20(3,4)5;/h4-13,15-21H,1-3H3;6-9,12-14H,11H2,1-5H3;/q2*-1;/i;11D2;. The number of hydrogen-bond acceptors (Lipinski definition) is 4. The Morgan fingerprint density at radius 2 is 1.56 bits per heavy atom. The fourth-order valence-corrected chi connectivity index (χ4v) is 8.92. The van der Waals surface area contributed by atoms with Crippen LogP contribution in [0.15, 0.2) is 144 Å². The smallest absolute Gasteiger partial charge is 0.120 e. The van der Waals surface area contributed by atoms with Crippen LogP contribution in [0, 0.1) is 18.1 Å². The minimum Gasteiger partial charge on any atom is -0.501 e. The second-order valence-corrected chi connectivity index (χ2v) is 22.2. The van der Waals surface area contributed by atoms with Crippen LogP contribution in [0.5, 0.6) is 0 Å². The van der Waals surface area contributed by atoms with Crippen LogP contribution in [0.4, 0.5) is 0 Å². The van der Waals surface area contributed by atoms with Crippen molar-refractivity contribution in [2.45, 2.75) is 66.0 Å². The summed E-state index contributed by atoms with van der Waals surface area (Å²) in [6.07, 6.45) is 4.21. The molecule has 0 aliphatic heterocycles. The first kappa shape index (κ1) is 39.0. The first-order valence-electron chi connectivity index (χ1n) is 21.0. The molecule has 0 saturated heterocycles. The zero-order valence-corrected chi connectivity index (χ0v) is 38.3. The largest absolute Gasteiger partial charge is 0.501 e. The summed E-state index contributed by atoms with van der Waals surface area (Å²) in [4.78, 5) is 14.2. The molecule has 5 aromatic carbocycles. The number of aromatic nitrogens is 4. The topological polar surface area (TPSA) is 56.7 Å². The van der Waals surface area contributed by atoms with Gasteiger partial charge in [-0.2, -0.15) is 0 Å². The predicted octanol–water partition coefficient (Wildman–Crippen LogP) is 13.0. The number of para-hydroxylation sites is 1. The molecule has 0 atom stereocenters. The summed E-state index contributed by atoms with van der Waals surface area (Å²) in [6, 6.07) is 47.6. The van der Waals surface area contributed by atoms with Gasteiger partial charge in [0, 0.05) is 46.3 Å². The van der Waals surface area contributed by atoms with Crippen LogP contribution in [-0.2, 0) is 31.9 Å². The molecule has 0 saturated carbocycles. The predicted molar refractivity (Wildman–Crippen MR) is 245 cm³/mol. The van der Waals surface area contributed by atoms with Gasteiger partial charge in [-0.15, -0.1) is 54.1 Å². The van der Waals surface area contributed by atoms with Crippen LogP contribution < -0.4 is 5.19 Å². The van der Waals surface area contributed by atoms with Crippen molar-refractivity contribution in [1.29, 1.82) is 0 Å². The van der Waals surface area contributed by atoms with Gasteiger partial charge in [0.1, 0.15) is 5.58 Å². The summed E-state index contributed by atoms with van der Waals surface area (Å²) in [6.45, 7) is 17.3. The number of rotatable bonds is 7. The summed E-state index contributed by atoms with van der Waals surface area (Å²) < 4.78 is 25.7. The maximum Gasteiger partial charge on any atom is 0.120 e. The Morgan fingerprint density at radius 3 is 2.29 bits per heavy atom. The number of imidazole rings is 1. The summed E-state index contributed by atoms with van der Waals surface area (Å²) in [5.74, 6) is 0.702. The van der Waals surface area contributed by atoms with Gasteiger partial charge in [-0.1, -0.05) is 131 Å². The van der Waals surface area contributed by atoms with Gasteiger partial charge in [0.15, 0.2) is 0 Å². The number of furan rings is 1. The average Bonchev–Trinajstić information content (AvgIpc) is 3.82. The third-order valence-electron chi connectivity index (χ3n) is 10.3. The fraction of sp³-hybridized carbons (Fsp3) is 0.212. The van der Waals surface area contributed by atoms with Gasteiger partial charge in [-0.05, 0) is 69.5 Å². The zero-order chi connectivity index (χ0) is 42.4. The van der Waals surface area contributed by atoms with Gasteiger partial charge >= 0.3 is 0 Å². The molecule has 0 spiro atoms. The van der Waals surface area contributed by atoms with Crippen molar-refractivity contribution in [2.75, 3.05) is 0 Å². The minimum atomic E-state index is -1.67. The molecule has 59 heavy (non-hydrogen) atoms. The average molecular weight is 969 g/mol. The van der Waals surface area contributed by atoms with E-state index >= 15 is 0 Å². The molecular formula is C52H50IrN4OSi-2. The molecule has 0 unspecified atom stereocenters. The molecule has 0 aliphatic carbocycles. The molecule has 0 N–H and O–H groups in total. The molecule has 0 fully saturated rings. The Balaban J connectivity index is 0.000000210. The first-order chi connectivity index (χ1) is 28.6. The second kappa shape index (κ2) is 17.0. The SMILES string of the molecule is CC(C)(C)c1cc(-c2ccccc2)ccc1-n1c(-c2[c-]ccc3c2oc2ccccc23)nc2ccncc21.[2H]C([2H])(c1cc(-c2[c-]cccc2)ncc1[Si](C)(C)C)C(C)C.[Ir]. The molecule has 4 heterocycles. The van der Waals surface area contributed by atoms with E-state index in [9.17, 15) is 0 Å². The molecule has 7 heteroatoms. The zero-order valence-electron chi connectivity index (χ0n) is 36.9. The number of nitrogens with zero attached hydrogens (tertiary/aromatic N) is 4. The molecular weight excluding hydrogens is 917 g/mol. The van der Waals surface area contributed by atoms with Crippen molar-refractivity contribution < 1.29 is 27.3 Å². The Kier molecular flexibility index (Phi) is 11.3. The Labute approximate surface area is 365 Å². The van der Waals surface area contributed by atoms with E-state index in [4.69, 9.17) is 12.1 Å². The maximum absolute atomic E-state index is 8.55. The number of pyridine rings is 2. The summed E-state index contributed by atoms with van der Waals surface area (Å²) >= 11 is 0. The number of fused-ring (bicyclic) bond motifs is 4. The van der Waals surface area contributed by atoms with E-state index in [-0.39, 0.29) is 31.4 Å². The molecule has 0 aliphatic rings. The number of hydrogen-bond donors (Lipinski definition) is 0. The van der Waals surface area contributed by atoms with E-state index in [1.807, 2.05) is 86.9 Å². The van der Waals surface area contributed by atoms with Crippen molar-refractivity contribution in [1.82, 2.24) is 19.5 Å². The Morgan fingerprint density at radius 1 is 0.797 bits per heavy atom. The molecule has 299 valence electrons. The van der Waals surface area contributed by atoms with Crippen LogP contribution in [0.3, 0.4) is 0 Å². The fourth-order valence-electron chi connectivity index (χ4n) is 7.52. The van der Waals surface area contributed by atoms with Crippen LogP contribution in [0.1, 0.15) is 48.5 Å². The van der Waals surface area contributed by atoms with E-state index in [0.29, 0.717) is 0 Å². The van der Waals surface area contributed by atoms with Gasteiger partial charge in [0.2, 0.25) is 0 Å². The molecule has 9 aromatic rings. The molecule has 0 bridgehead atoms. The van der Waals surface area contributed by atoms with E-state index in [2.05, 4.69) is 128 Å². The Hall–Kier alpha value is -5.46. The van der Waals surface area contributed by atoms with Crippen molar-refractivity contribution >= 4 is 46.2 Å². The van der Waals surface area contributed by atoms with Crippen molar-refractivity contribution in [2.24, 2.45) is 5.92 Å². The van der Waals surface area contributed by atoms with Crippen LogP contribution in [0.2, 0.25) is 19.6 Å². The van der Waals surface area contributed by atoms with Crippen molar-refractivity contribution in [3.05, 3.63) is 163 Å². The molecule has 9 rings (SSSR count). The molecule has 5 nitrogen and oxygen atoms in total. The van der Waals surface area contributed by atoms with E-state index < -0.39 is 14.4 Å².